The zero-order chi connectivity index (χ0) is 22.0. The third-order valence-corrected chi connectivity index (χ3v) is 7.76. The number of amides is 2. The average Bonchev–Trinajstić information content (AvgIpc) is 2.98. The monoisotopic (exact) mass is 443 g/mol. The molecule has 2 fully saturated rings. The van der Waals surface area contributed by atoms with E-state index in [1.54, 1.807) is 17.0 Å². The molecule has 1 aromatic rings. The molecule has 0 spiro atoms. The summed E-state index contributed by atoms with van der Waals surface area (Å²) in [6.45, 7) is 2.58. The third kappa shape index (κ3) is 4.71. The van der Waals surface area contributed by atoms with E-state index in [0.29, 0.717) is 37.3 Å². The first-order valence-electron chi connectivity index (χ1n) is 10.5. The van der Waals surface area contributed by atoms with Gasteiger partial charge in [0.25, 0.3) is 5.91 Å². The summed E-state index contributed by atoms with van der Waals surface area (Å²) in [5, 5.41) is 14.5. The number of sulfone groups is 1. The van der Waals surface area contributed by atoms with Crippen LogP contribution in [0.4, 0.5) is 5.69 Å². The van der Waals surface area contributed by atoms with Gasteiger partial charge in [0, 0.05) is 44.7 Å². The van der Waals surface area contributed by atoms with Crippen LogP contribution < -0.4 is 4.90 Å². The van der Waals surface area contributed by atoms with Crippen LogP contribution in [0.5, 0.6) is 0 Å². The molecule has 0 saturated carbocycles. The normalized spacial score (nSPS) is 23.8. The van der Waals surface area contributed by atoms with Crippen molar-refractivity contribution in [3.63, 3.8) is 0 Å². The number of carbonyl (C=O) groups excluding carboxylic acids is 2. The van der Waals surface area contributed by atoms with Crippen LogP contribution in [0.3, 0.4) is 0 Å². The van der Waals surface area contributed by atoms with Crippen molar-refractivity contribution in [1.82, 2.24) is 9.91 Å². The highest BCUT2D eigenvalue weighted by Gasteiger charge is 2.38. The SMILES string of the molecule is N#Cc1ccc(N2CCCN(C(=O)C3=NN(C4CCS(=O)(=O)C4)C(=O)CC3)CC2)cc1. The summed E-state index contributed by atoms with van der Waals surface area (Å²) in [6, 6.07) is 9.04. The molecule has 10 heteroatoms. The fourth-order valence-corrected chi connectivity index (χ4v) is 5.98. The molecule has 3 heterocycles. The predicted octanol–water partition coefficient (Wildman–Crippen LogP) is 0.762. The number of nitriles is 1. The fraction of sp³-hybridized carbons (Fsp3) is 0.524. The summed E-state index contributed by atoms with van der Waals surface area (Å²) >= 11 is 0. The van der Waals surface area contributed by atoms with Gasteiger partial charge in [-0.2, -0.15) is 10.4 Å². The van der Waals surface area contributed by atoms with Gasteiger partial charge >= 0.3 is 0 Å². The molecule has 9 nitrogen and oxygen atoms in total. The van der Waals surface area contributed by atoms with E-state index in [0.717, 1.165) is 18.7 Å². The van der Waals surface area contributed by atoms with Gasteiger partial charge in [-0.1, -0.05) is 0 Å². The Balaban J connectivity index is 1.43. The first-order chi connectivity index (χ1) is 14.9. The van der Waals surface area contributed by atoms with Crippen LogP contribution in [0.15, 0.2) is 29.4 Å². The molecule has 0 N–H and O–H groups in total. The maximum Gasteiger partial charge on any atom is 0.270 e. The van der Waals surface area contributed by atoms with Gasteiger partial charge in [-0.05, 0) is 37.1 Å². The number of nitrogens with zero attached hydrogens (tertiary/aromatic N) is 5. The molecule has 2 amide bonds. The van der Waals surface area contributed by atoms with Crippen LogP contribution in [-0.2, 0) is 19.4 Å². The lowest BCUT2D eigenvalue weighted by molar-refractivity contribution is -0.134. The van der Waals surface area contributed by atoms with Gasteiger partial charge in [-0.25, -0.2) is 13.4 Å². The zero-order valence-corrected chi connectivity index (χ0v) is 18.1. The minimum absolute atomic E-state index is 0.0531. The van der Waals surface area contributed by atoms with E-state index in [4.69, 9.17) is 5.26 Å². The molecule has 3 aliphatic rings. The molecule has 0 aliphatic carbocycles. The highest BCUT2D eigenvalue weighted by atomic mass is 32.2. The molecular formula is C21H25N5O4S. The van der Waals surface area contributed by atoms with E-state index in [1.807, 2.05) is 12.1 Å². The highest BCUT2D eigenvalue weighted by Crippen LogP contribution is 2.23. The molecule has 31 heavy (non-hydrogen) atoms. The van der Waals surface area contributed by atoms with Crippen molar-refractivity contribution in [3.8, 4) is 6.07 Å². The number of rotatable bonds is 3. The minimum Gasteiger partial charge on any atom is -0.370 e. The van der Waals surface area contributed by atoms with Gasteiger partial charge in [0.05, 0.1) is 29.2 Å². The van der Waals surface area contributed by atoms with Crippen LogP contribution in [0.25, 0.3) is 0 Å². The number of carbonyl (C=O) groups is 2. The Hall–Kier alpha value is -2.93. The van der Waals surface area contributed by atoms with Gasteiger partial charge in [0.2, 0.25) is 5.91 Å². The highest BCUT2D eigenvalue weighted by molar-refractivity contribution is 7.91. The largest absolute Gasteiger partial charge is 0.370 e. The van der Waals surface area contributed by atoms with Crippen molar-refractivity contribution in [2.45, 2.75) is 31.7 Å². The van der Waals surface area contributed by atoms with E-state index < -0.39 is 15.9 Å². The van der Waals surface area contributed by atoms with Crippen molar-refractivity contribution >= 4 is 33.1 Å². The number of hydrogen-bond donors (Lipinski definition) is 0. The van der Waals surface area contributed by atoms with Crippen LogP contribution in [-0.4, -0.2) is 79.6 Å². The number of hydrazone groups is 1. The van der Waals surface area contributed by atoms with Gasteiger partial charge in [0.1, 0.15) is 5.71 Å². The first kappa shape index (κ1) is 21.3. The number of benzene rings is 1. The Bertz CT molecular complexity index is 1040. The maximum absolute atomic E-state index is 13.1. The minimum atomic E-state index is -3.15. The lowest BCUT2D eigenvalue weighted by atomic mass is 10.1. The van der Waals surface area contributed by atoms with E-state index in [9.17, 15) is 18.0 Å². The van der Waals surface area contributed by atoms with Crippen molar-refractivity contribution in [2.24, 2.45) is 5.10 Å². The quantitative estimate of drug-likeness (QED) is 0.681. The lowest BCUT2D eigenvalue weighted by Crippen LogP contribution is -2.45. The van der Waals surface area contributed by atoms with Crippen LogP contribution in [0, 0.1) is 11.3 Å². The van der Waals surface area contributed by atoms with Gasteiger partial charge < -0.3 is 9.80 Å². The zero-order valence-electron chi connectivity index (χ0n) is 17.2. The number of hydrogen-bond acceptors (Lipinski definition) is 7. The van der Waals surface area contributed by atoms with Gasteiger partial charge in [0.15, 0.2) is 9.84 Å². The average molecular weight is 444 g/mol. The van der Waals surface area contributed by atoms with E-state index in [-0.39, 0.29) is 36.2 Å². The second kappa shape index (κ2) is 8.67. The van der Waals surface area contributed by atoms with Crippen LogP contribution in [0.1, 0.15) is 31.2 Å². The van der Waals surface area contributed by atoms with E-state index in [2.05, 4.69) is 16.1 Å². The molecule has 0 radical (unpaired) electrons. The van der Waals surface area contributed by atoms with Crippen LogP contribution in [0.2, 0.25) is 0 Å². The van der Waals surface area contributed by atoms with Crippen molar-refractivity contribution in [3.05, 3.63) is 29.8 Å². The van der Waals surface area contributed by atoms with Gasteiger partial charge in [-0.15, -0.1) is 0 Å². The van der Waals surface area contributed by atoms with E-state index in [1.165, 1.54) is 5.01 Å². The Labute approximate surface area is 181 Å². The summed E-state index contributed by atoms with van der Waals surface area (Å²) in [7, 11) is -3.15. The second-order valence-corrected chi connectivity index (χ2v) is 10.4. The smallest absolute Gasteiger partial charge is 0.270 e. The molecular weight excluding hydrogens is 418 g/mol. The Morgan fingerprint density at radius 2 is 1.87 bits per heavy atom. The summed E-state index contributed by atoms with van der Waals surface area (Å²) in [6.07, 6.45) is 1.61. The standard InChI is InChI=1S/C21H25N5O4S/c22-14-16-2-4-17(5-3-16)24-9-1-10-25(12-11-24)21(28)19-6-7-20(27)26(23-19)18-8-13-31(29,30)15-18/h2-5,18H,1,6-13,15H2. The summed E-state index contributed by atoms with van der Waals surface area (Å²) < 4.78 is 23.6. The molecule has 4 rings (SSSR count). The van der Waals surface area contributed by atoms with E-state index >= 15 is 0 Å². The number of anilines is 1. The molecule has 164 valence electrons. The Morgan fingerprint density at radius 1 is 1.10 bits per heavy atom. The Kier molecular flexibility index (Phi) is 5.96. The molecule has 1 aromatic carbocycles. The second-order valence-electron chi connectivity index (χ2n) is 8.13. The molecule has 3 aliphatic heterocycles. The first-order valence-corrected chi connectivity index (χ1v) is 12.3. The van der Waals surface area contributed by atoms with Crippen molar-refractivity contribution < 1.29 is 18.0 Å². The topological polar surface area (TPSA) is 114 Å². The summed E-state index contributed by atoms with van der Waals surface area (Å²) in [4.78, 5) is 29.4. The lowest BCUT2D eigenvalue weighted by Gasteiger charge is -2.29. The molecule has 0 aromatic heterocycles. The van der Waals surface area contributed by atoms with Crippen molar-refractivity contribution in [2.75, 3.05) is 42.6 Å². The maximum atomic E-state index is 13.1. The molecule has 2 saturated heterocycles. The van der Waals surface area contributed by atoms with Gasteiger partial charge in [-0.3, -0.25) is 9.59 Å². The fourth-order valence-electron chi connectivity index (χ4n) is 4.29. The molecule has 0 bridgehead atoms. The predicted molar refractivity (Wildman–Crippen MR) is 115 cm³/mol. The molecule has 1 unspecified atom stereocenters. The molecule has 1 atom stereocenters. The van der Waals surface area contributed by atoms with Crippen molar-refractivity contribution in [1.29, 1.82) is 5.26 Å². The Morgan fingerprint density at radius 3 is 2.55 bits per heavy atom. The summed E-state index contributed by atoms with van der Waals surface area (Å²) in [5.74, 6) is -0.439. The third-order valence-electron chi connectivity index (χ3n) is 6.01. The van der Waals surface area contributed by atoms with Crippen LogP contribution >= 0.6 is 0 Å². The summed E-state index contributed by atoms with van der Waals surface area (Å²) in [5.41, 5.74) is 1.96.